The molecule has 80 heavy (non-hydrogen) atoms. The number of aryl methyl sites for hydroxylation is 1. The van der Waals surface area contributed by atoms with Crippen molar-refractivity contribution in [2.24, 2.45) is 13.0 Å². The lowest BCUT2D eigenvalue weighted by Gasteiger charge is -2.26. The van der Waals surface area contributed by atoms with Crippen LogP contribution in [0.25, 0.3) is 33.5 Å². The molecule has 16 N–H and O–H groups in total. The molecule has 6 aromatic rings. The van der Waals surface area contributed by atoms with Gasteiger partial charge in [0.25, 0.3) is 17.1 Å². The third-order valence-electron chi connectivity index (χ3n) is 12.7. The van der Waals surface area contributed by atoms with E-state index in [0.29, 0.717) is 0 Å². The molecule has 3 aliphatic heterocycles. The smallest absolute Gasteiger partial charge is 0.387 e. The largest absolute Gasteiger partial charge is 0.480 e. The summed E-state index contributed by atoms with van der Waals surface area (Å²) in [5.74, 6) is -2.46. The molecule has 1 amide bonds. The SMILES string of the molecule is CO[C@@H]1[C@H](OP(=O)(O)OC[C@H]2O[C@@H](n3cnc4c(=O)[nH]c(N)nc43)[C@H](O)[C@@H]2O)[C@@H](COP(=O)(O)NP(=O)(O)OP(=O)(O)OC[C@H]2O[C@@H]([n+]3cn(C)c4c(=O)[nH]c(N)nc43)[C@H](O)[C@@H]2CC(=O)N(C)C)O[C@H]1n1cnc2c(N)ncnc21. The van der Waals surface area contributed by atoms with Crippen molar-refractivity contribution in [1.29, 1.82) is 0 Å². The number of fused-ring (bicyclic) bond motifs is 3. The quantitative estimate of drug-likeness (QED) is 0.0239. The third-order valence-corrected chi connectivity index (χ3v) is 18.4. The highest BCUT2D eigenvalue weighted by atomic mass is 31.3. The Bertz CT molecular complexity index is 3650. The zero-order valence-corrected chi connectivity index (χ0v) is 45.2. The number of imidazole rings is 3. The molecular weight excluding hydrogens is 1160 g/mol. The highest BCUT2D eigenvalue weighted by Gasteiger charge is 2.54. The maximum absolute atomic E-state index is 13.8. The monoisotopic (exact) mass is 1210 g/mol. The first-order chi connectivity index (χ1) is 37.5. The number of methoxy groups -OCH3 is 1. The van der Waals surface area contributed by atoms with E-state index < -0.39 is 148 Å². The minimum absolute atomic E-state index is 0.00199. The molecule has 0 aromatic carbocycles. The van der Waals surface area contributed by atoms with Gasteiger partial charge >= 0.3 is 36.8 Å². The van der Waals surface area contributed by atoms with E-state index in [-0.39, 0.29) is 51.2 Å². The van der Waals surface area contributed by atoms with Crippen LogP contribution in [0.3, 0.4) is 0 Å². The molecular formula is C36H52N17O23P4+. The number of nitrogens with one attached hydrogen (secondary N) is 3. The number of aliphatic hydroxyl groups excluding tert-OH is 3. The van der Waals surface area contributed by atoms with Gasteiger partial charge in [-0.3, -0.25) is 56.1 Å². The summed E-state index contributed by atoms with van der Waals surface area (Å²) in [5.41, 5.74) is 15.7. The number of carbonyl (C=O) groups is 1. The fraction of sp³-hybridized carbons (Fsp3) is 0.556. The molecule has 44 heteroatoms. The van der Waals surface area contributed by atoms with Crippen LogP contribution in [0.1, 0.15) is 25.1 Å². The Labute approximate surface area is 445 Å². The van der Waals surface area contributed by atoms with E-state index in [1.54, 1.807) is 0 Å². The lowest BCUT2D eigenvalue weighted by atomic mass is 9.94. The number of nitrogens with two attached hydrogens (primary N) is 3. The Morgan fingerprint density at radius 1 is 0.762 bits per heavy atom. The van der Waals surface area contributed by atoms with E-state index in [4.69, 9.17) is 54.2 Å². The van der Waals surface area contributed by atoms with Gasteiger partial charge in [0.1, 0.15) is 54.6 Å². The van der Waals surface area contributed by atoms with Crippen LogP contribution in [0, 0.1) is 5.92 Å². The molecule has 9 rings (SSSR count). The molecule has 0 aliphatic carbocycles. The minimum Gasteiger partial charge on any atom is -0.387 e. The number of amides is 1. The number of ether oxygens (including phenoxy) is 4. The minimum atomic E-state index is -5.99. The number of rotatable bonds is 21. The van der Waals surface area contributed by atoms with Gasteiger partial charge in [-0.15, -0.1) is 4.86 Å². The third kappa shape index (κ3) is 12.0. The van der Waals surface area contributed by atoms with Gasteiger partial charge in [-0.05, 0) is 0 Å². The van der Waals surface area contributed by atoms with Crippen molar-refractivity contribution in [3.8, 4) is 0 Å². The van der Waals surface area contributed by atoms with Gasteiger partial charge < -0.3 is 75.9 Å². The first-order valence-corrected chi connectivity index (χ1v) is 29.2. The van der Waals surface area contributed by atoms with Crippen molar-refractivity contribution in [2.45, 2.75) is 73.9 Å². The number of nitrogen functional groups attached to an aromatic ring is 3. The van der Waals surface area contributed by atoms with Crippen LogP contribution in [0.5, 0.6) is 0 Å². The first-order valence-electron chi connectivity index (χ1n) is 23.1. The zero-order chi connectivity index (χ0) is 58.1. The van der Waals surface area contributed by atoms with Crippen molar-refractivity contribution >= 4 is 88.3 Å². The summed E-state index contributed by atoms with van der Waals surface area (Å²) in [7, 11) is -17.6. The van der Waals surface area contributed by atoms with Crippen LogP contribution >= 0.6 is 31.1 Å². The number of nitrogens with zero attached hydrogens (tertiary/aromatic N) is 11. The summed E-state index contributed by atoms with van der Waals surface area (Å²) in [6, 6.07) is 0. The van der Waals surface area contributed by atoms with E-state index in [9.17, 15) is 67.5 Å². The van der Waals surface area contributed by atoms with Crippen LogP contribution in [0.15, 0.2) is 34.9 Å². The van der Waals surface area contributed by atoms with E-state index in [1.807, 2.05) is 0 Å². The molecule has 4 unspecified atom stereocenters. The number of phosphoric ester groups is 2. The van der Waals surface area contributed by atoms with E-state index in [0.717, 1.165) is 30.7 Å². The van der Waals surface area contributed by atoms with Crippen molar-refractivity contribution in [3.63, 3.8) is 0 Å². The predicted molar refractivity (Wildman–Crippen MR) is 262 cm³/mol. The molecule has 3 fully saturated rings. The van der Waals surface area contributed by atoms with Gasteiger partial charge in [0, 0.05) is 33.5 Å². The van der Waals surface area contributed by atoms with Crippen molar-refractivity contribution in [2.75, 3.05) is 58.2 Å². The molecule has 0 radical (unpaired) electrons. The van der Waals surface area contributed by atoms with Gasteiger partial charge in [-0.25, -0.2) is 42.8 Å². The molecule has 3 aliphatic rings. The molecule has 40 nitrogen and oxygen atoms in total. The number of aliphatic hydroxyl groups is 3. The predicted octanol–water partition coefficient (Wildman–Crippen LogP) is -4.40. The van der Waals surface area contributed by atoms with Gasteiger partial charge in [0.15, 0.2) is 41.4 Å². The summed E-state index contributed by atoms with van der Waals surface area (Å²) in [4.78, 5) is 112. The van der Waals surface area contributed by atoms with Gasteiger partial charge in [0.05, 0.1) is 45.6 Å². The Kier molecular flexibility index (Phi) is 16.4. The van der Waals surface area contributed by atoms with E-state index in [1.165, 1.54) is 50.9 Å². The van der Waals surface area contributed by atoms with Gasteiger partial charge in [0.2, 0.25) is 23.6 Å². The standard InChI is InChI=1S/C36H51N17O23P4/c1-49(2)17(54)5-13-14(72-32(21(13)55)53-12-50(3)20-29(53)45-36(39)47-31(20)59)6-71-80(66,67)76-78(62,63)48-77(60,61)69-8-16-24(25(68-4)34(74-16)51-10-42-18-26(37)40-9-41-27(18)51)75-79(64,65)70-7-15-22(56)23(57)33(73-15)52-11-43-19-28(52)44-35(38)46-30(19)58/h9-16,21-25,32-34,55-57H,5-8H2,1-4H3,(H12-,37,38,39,40,41,44,45,46,47,48,58,59,60,61,62,63,64,65,66,67)/p+1/t13-,14-,15-,16-,21-,22-,23-,24-,25-,32-,33-,34-/m1/s1. The van der Waals surface area contributed by atoms with E-state index >= 15 is 0 Å². The second-order valence-electron chi connectivity index (χ2n) is 18.3. The molecule has 0 spiro atoms. The second-order valence-corrected chi connectivity index (χ2v) is 24.7. The van der Waals surface area contributed by atoms with Crippen LogP contribution in [0.4, 0.5) is 17.7 Å². The number of phosphoric acid groups is 2. The van der Waals surface area contributed by atoms with Crippen molar-refractivity contribution < 1.29 is 104 Å². The average Bonchev–Trinajstić information content (AvgIpc) is 4.23. The molecule has 16 atom stereocenters. The number of hydrogen-bond donors (Lipinski definition) is 13. The Balaban J connectivity index is 0.879. The Morgan fingerprint density at radius 3 is 2.09 bits per heavy atom. The fourth-order valence-electron chi connectivity index (χ4n) is 9.07. The van der Waals surface area contributed by atoms with Crippen molar-refractivity contribution in [1.82, 2.24) is 63.3 Å². The summed E-state index contributed by atoms with van der Waals surface area (Å²) in [6.07, 6.45) is -13.7. The second kappa shape index (κ2) is 22.3. The summed E-state index contributed by atoms with van der Waals surface area (Å²) < 4.78 is 107. The molecule has 0 bridgehead atoms. The molecule has 9 heterocycles. The Hall–Kier alpha value is -5.64. The van der Waals surface area contributed by atoms with Crippen molar-refractivity contribution in [3.05, 3.63) is 46.0 Å². The van der Waals surface area contributed by atoms with Crippen LogP contribution < -0.4 is 37.7 Å². The lowest BCUT2D eigenvalue weighted by molar-refractivity contribution is -0.745. The summed E-state index contributed by atoms with van der Waals surface area (Å²) in [5, 5.41) is 33.3. The fourth-order valence-corrected chi connectivity index (χ4v) is 14.0. The molecule has 438 valence electrons. The molecule has 0 saturated carbocycles. The van der Waals surface area contributed by atoms with Crippen LogP contribution in [0.2, 0.25) is 0 Å². The first kappa shape index (κ1) is 59.0. The topological polar surface area (TPSA) is 565 Å². The zero-order valence-electron chi connectivity index (χ0n) is 41.7. The normalized spacial score (nSPS) is 29.2. The summed E-state index contributed by atoms with van der Waals surface area (Å²) in [6.45, 7) is -3.22. The Morgan fingerprint density at radius 2 is 1.39 bits per heavy atom. The number of carbonyl (C=O) groups excluding carboxylic acids is 1. The number of H-pyrrole nitrogens is 2. The van der Waals surface area contributed by atoms with Gasteiger partial charge in [-0.2, -0.15) is 9.29 Å². The maximum Gasteiger partial charge on any atom is 0.480 e. The van der Waals surface area contributed by atoms with Crippen LogP contribution in [-0.4, -0.2) is 189 Å². The maximum atomic E-state index is 13.8. The highest BCUT2D eigenvalue weighted by Crippen LogP contribution is 2.62. The average molecular weight is 1210 g/mol. The molecule has 6 aromatic heterocycles. The highest BCUT2D eigenvalue weighted by molar-refractivity contribution is 7.71. The van der Waals surface area contributed by atoms with E-state index in [2.05, 4.69) is 44.2 Å². The molecule has 3 saturated heterocycles. The summed E-state index contributed by atoms with van der Waals surface area (Å²) >= 11 is 0. The number of hydrogen-bond acceptors (Lipinski definition) is 28. The number of aromatic amines is 2. The number of anilines is 3. The van der Waals surface area contributed by atoms with Gasteiger partial charge in [-0.1, -0.05) is 4.98 Å². The van der Waals surface area contributed by atoms with Crippen LogP contribution in [-0.2, 0) is 71.5 Å². The lowest BCUT2D eigenvalue weighted by Crippen LogP contribution is -2.45. The number of aromatic nitrogens is 12.